The van der Waals surface area contributed by atoms with Gasteiger partial charge in [0.25, 0.3) is 0 Å². The second-order valence-corrected chi connectivity index (χ2v) is 6.18. The van der Waals surface area contributed by atoms with Crippen molar-refractivity contribution < 1.29 is 43.9 Å². The van der Waals surface area contributed by atoms with Gasteiger partial charge in [-0.2, -0.15) is 5.26 Å². The average molecular weight is 291 g/mol. The van der Waals surface area contributed by atoms with E-state index in [1.165, 1.54) is 5.01 Å². The van der Waals surface area contributed by atoms with Crippen LogP contribution in [0.1, 0.15) is 41.5 Å². The minimum Gasteiger partial charge on any atom is -0.560 e. The predicted molar refractivity (Wildman–Crippen MR) is 70.8 cm³/mol. The zero-order valence-corrected chi connectivity index (χ0v) is 15.6. The van der Waals surface area contributed by atoms with Gasteiger partial charge in [-0.25, -0.2) is 0 Å². The van der Waals surface area contributed by atoms with Gasteiger partial charge in [0.15, 0.2) is 0 Å². The Balaban J connectivity index is 0. The molecule has 108 valence electrons. The summed E-state index contributed by atoms with van der Waals surface area (Å²) >= 11 is 0. The van der Waals surface area contributed by atoms with Gasteiger partial charge in [-0.3, -0.25) is 9.59 Å². The fourth-order valence-corrected chi connectivity index (χ4v) is 1.28. The Morgan fingerprint density at radius 1 is 1.20 bits per heavy atom. The van der Waals surface area contributed by atoms with Crippen LogP contribution < -0.4 is 29.6 Å². The van der Waals surface area contributed by atoms with Crippen molar-refractivity contribution in [2.75, 3.05) is 7.11 Å². The van der Waals surface area contributed by atoms with Gasteiger partial charge < -0.3 is 15.2 Å². The Bertz CT molecular complexity index is 391. The van der Waals surface area contributed by atoms with E-state index in [2.05, 4.69) is 10.2 Å². The topological polar surface area (TPSA) is 84.5 Å². The Morgan fingerprint density at radius 2 is 1.65 bits per heavy atom. The molecule has 0 heterocycles. The van der Waals surface area contributed by atoms with Gasteiger partial charge in [0.1, 0.15) is 0 Å². The molecule has 0 aliphatic heterocycles. The fraction of sp³-hybridized carbons (Fsp3) is 0.769. The van der Waals surface area contributed by atoms with Gasteiger partial charge in [0, 0.05) is 5.54 Å². The molecule has 0 spiro atoms. The van der Waals surface area contributed by atoms with E-state index < -0.39 is 28.9 Å². The first-order valence-electron chi connectivity index (χ1n) is 5.98. The molecule has 0 aromatic carbocycles. The van der Waals surface area contributed by atoms with Gasteiger partial charge in [-0.1, -0.05) is 20.8 Å². The number of esters is 1. The molecule has 7 heteroatoms. The summed E-state index contributed by atoms with van der Waals surface area (Å²) in [6.07, 6.45) is 0. The Kier molecular flexibility index (Phi) is 8.66. The maximum Gasteiger partial charge on any atom is 1.00 e. The van der Waals surface area contributed by atoms with Crippen molar-refractivity contribution >= 4 is 11.9 Å². The maximum atomic E-state index is 12.3. The van der Waals surface area contributed by atoms with Crippen LogP contribution >= 0.6 is 0 Å². The number of hydrogen-bond donors (Lipinski definition) is 0. The van der Waals surface area contributed by atoms with Crippen LogP contribution in [0, 0.1) is 17.2 Å². The average Bonchev–Trinajstić information content (AvgIpc) is 2.23. The van der Waals surface area contributed by atoms with Crippen LogP contribution in [0.15, 0.2) is 0 Å². The molecule has 0 aliphatic rings. The van der Waals surface area contributed by atoms with Crippen molar-refractivity contribution in [1.82, 2.24) is 5.01 Å². The minimum absolute atomic E-state index is 0. The molecule has 0 N–H and O–H groups in total. The van der Waals surface area contributed by atoms with E-state index in [0.717, 1.165) is 7.11 Å². The van der Waals surface area contributed by atoms with Crippen molar-refractivity contribution in [3.05, 3.63) is 5.43 Å². The molecule has 0 aromatic heterocycles. The van der Waals surface area contributed by atoms with Crippen LogP contribution in [0.3, 0.4) is 0 Å². The van der Waals surface area contributed by atoms with E-state index in [0.29, 0.717) is 0 Å². The number of nitrogens with zero attached hydrogens (tertiary/aromatic N) is 3. The summed E-state index contributed by atoms with van der Waals surface area (Å²) in [6.45, 7) is 10.8. The summed E-state index contributed by atoms with van der Waals surface area (Å²) in [4.78, 5) is 23.8. The number of carbonyl (C=O) groups excluding carboxylic acids is 2. The summed E-state index contributed by atoms with van der Waals surface area (Å²) in [5.74, 6) is -3.03. The fourth-order valence-electron chi connectivity index (χ4n) is 1.28. The number of rotatable bonds is 3. The van der Waals surface area contributed by atoms with Gasteiger partial charge in [0.2, 0.25) is 11.8 Å². The van der Waals surface area contributed by atoms with Gasteiger partial charge in [-0.05, 0) is 20.8 Å². The van der Waals surface area contributed by atoms with Gasteiger partial charge >= 0.3 is 35.5 Å². The molecule has 0 radical (unpaired) electrons. The summed E-state index contributed by atoms with van der Waals surface area (Å²) in [5.41, 5.74) is 3.16. The molecule has 0 saturated carbocycles. The summed E-state index contributed by atoms with van der Waals surface area (Å²) in [7, 11) is 1.14. The predicted octanol–water partition coefficient (Wildman–Crippen LogP) is -0.983. The van der Waals surface area contributed by atoms with Crippen LogP contribution in [-0.2, 0) is 14.3 Å². The molecule has 0 aromatic rings. The number of amides is 1. The minimum atomic E-state index is -1.49. The molecule has 0 saturated heterocycles. The molecule has 1 unspecified atom stereocenters. The van der Waals surface area contributed by atoms with Crippen molar-refractivity contribution in [1.29, 1.82) is 5.26 Å². The van der Waals surface area contributed by atoms with Crippen LogP contribution in [0.5, 0.6) is 0 Å². The molecule has 0 rings (SSSR count). The molecule has 6 nitrogen and oxygen atoms in total. The van der Waals surface area contributed by atoms with Crippen molar-refractivity contribution in [2.24, 2.45) is 5.92 Å². The number of hydrogen-bond acceptors (Lipinski definition) is 4. The first kappa shape index (κ1) is 21.7. The smallest absolute Gasteiger partial charge is 0.560 e. The number of ether oxygens (including phenoxy) is 1. The monoisotopic (exact) mass is 291 g/mol. The SMILES string of the molecule is COC(=O)C(C#N)C(=O)N([N-]C(C)(C)C)C(C)(C)C.[Na+]. The van der Waals surface area contributed by atoms with Crippen LogP contribution in [0.4, 0.5) is 0 Å². The van der Waals surface area contributed by atoms with Crippen LogP contribution in [-0.4, -0.2) is 35.1 Å². The quantitative estimate of drug-likeness (QED) is 0.289. The first-order valence-corrected chi connectivity index (χ1v) is 5.98. The third-order valence-corrected chi connectivity index (χ3v) is 2.06. The van der Waals surface area contributed by atoms with E-state index in [4.69, 9.17) is 5.26 Å². The number of nitriles is 1. The summed E-state index contributed by atoms with van der Waals surface area (Å²) in [5, 5.41) is 10.2. The largest absolute Gasteiger partial charge is 1.00 e. The summed E-state index contributed by atoms with van der Waals surface area (Å²) < 4.78 is 4.47. The number of methoxy groups -OCH3 is 1. The van der Waals surface area contributed by atoms with E-state index in [-0.39, 0.29) is 29.6 Å². The molecular formula is C13H22N3NaO3. The first-order chi connectivity index (χ1) is 8.44. The Morgan fingerprint density at radius 3 is 1.90 bits per heavy atom. The van der Waals surface area contributed by atoms with E-state index in [1.807, 2.05) is 20.8 Å². The Labute approximate surface area is 143 Å². The zero-order valence-electron chi connectivity index (χ0n) is 13.6. The van der Waals surface area contributed by atoms with Crippen LogP contribution in [0.25, 0.3) is 5.43 Å². The maximum absolute atomic E-state index is 12.3. The molecule has 20 heavy (non-hydrogen) atoms. The summed E-state index contributed by atoms with van der Waals surface area (Å²) in [6, 6.07) is 1.67. The zero-order chi connectivity index (χ0) is 15.4. The van der Waals surface area contributed by atoms with E-state index >= 15 is 0 Å². The van der Waals surface area contributed by atoms with Crippen molar-refractivity contribution in [3.63, 3.8) is 0 Å². The van der Waals surface area contributed by atoms with E-state index in [1.54, 1.807) is 26.8 Å². The van der Waals surface area contributed by atoms with Crippen molar-refractivity contribution in [3.8, 4) is 6.07 Å². The second-order valence-electron chi connectivity index (χ2n) is 6.18. The molecule has 0 aliphatic carbocycles. The molecule has 1 atom stereocenters. The van der Waals surface area contributed by atoms with Crippen molar-refractivity contribution in [2.45, 2.75) is 52.6 Å². The standard InChI is InChI=1S/C13H22N3O3.Na/c1-12(2,3)15-16(13(4,5)6)10(17)9(8-14)11(18)19-7;/h9H,1-7H3;/q-1;+1. The number of carbonyl (C=O) groups is 2. The van der Waals surface area contributed by atoms with Crippen LogP contribution in [0.2, 0.25) is 0 Å². The second kappa shape index (κ2) is 7.99. The van der Waals surface area contributed by atoms with E-state index in [9.17, 15) is 9.59 Å². The normalized spacial score (nSPS) is 12.7. The molecule has 1 amide bonds. The Hall–Kier alpha value is -0.610. The van der Waals surface area contributed by atoms with Gasteiger partial charge in [0.05, 0.1) is 13.2 Å². The molecular weight excluding hydrogens is 269 g/mol. The molecule has 0 bridgehead atoms. The van der Waals surface area contributed by atoms with Gasteiger partial charge in [-0.15, -0.1) is 5.54 Å². The third kappa shape index (κ3) is 6.71. The molecule has 0 fully saturated rings. The third-order valence-electron chi connectivity index (χ3n) is 2.06.